The first-order valence-corrected chi connectivity index (χ1v) is 8.55. The molecule has 2 bridgehead atoms. The van der Waals surface area contributed by atoms with Gasteiger partial charge in [-0.1, -0.05) is 0 Å². The minimum absolute atomic E-state index is 0.264. The largest absolute Gasteiger partial charge is 0.480 e. The summed E-state index contributed by atoms with van der Waals surface area (Å²) in [4.78, 5) is 27.0. The molecule has 2 aliphatic rings. The van der Waals surface area contributed by atoms with Crippen LogP contribution in [0.4, 0.5) is 9.18 Å². The van der Waals surface area contributed by atoms with Crippen LogP contribution in [0.5, 0.6) is 0 Å². The third-order valence-corrected chi connectivity index (χ3v) is 6.22. The molecule has 9 nitrogen and oxygen atoms in total. The second-order valence-corrected chi connectivity index (χ2v) is 7.55. The van der Waals surface area contributed by atoms with Gasteiger partial charge in [0, 0.05) is 12.6 Å². The van der Waals surface area contributed by atoms with Crippen molar-refractivity contribution in [3.05, 3.63) is 24.3 Å². The van der Waals surface area contributed by atoms with Crippen LogP contribution in [0.3, 0.4) is 0 Å². The molecule has 0 saturated carbocycles. The van der Waals surface area contributed by atoms with E-state index in [0.29, 0.717) is 6.42 Å². The normalized spacial score (nSPS) is 27.2. The maximum atomic E-state index is 12.9. The SMILES string of the molecule is O=C(O)[C@@H]1[C@@H]2CC[C@H](CN1S(=O)(=O)c1ccc(F)nc1)N2C(=O)O. The second kappa shape index (κ2) is 5.67. The van der Waals surface area contributed by atoms with Gasteiger partial charge in [0.05, 0.1) is 12.2 Å². The number of hydrogen-bond donors (Lipinski definition) is 2. The zero-order valence-electron chi connectivity index (χ0n) is 12.2. The van der Waals surface area contributed by atoms with E-state index >= 15 is 0 Å². The molecule has 1 aromatic heterocycles. The molecule has 2 N–H and O–H groups in total. The van der Waals surface area contributed by atoms with Crippen LogP contribution >= 0.6 is 0 Å². The number of pyridine rings is 1. The smallest absolute Gasteiger partial charge is 0.407 e. The maximum Gasteiger partial charge on any atom is 0.407 e. The number of piperazine rings is 1. The van der Waals surface area contributed by atoms with Gasteiger partial charge in [-0.3, -0.25) is 9.69 Å². The Morgan fingerprint density at radius 3 is 2.50 bits per heavy atom. The van der Waals surface area contributed by atoms with Crippen LogP contribution < -0.4 is 0 Å². The van der Waals surface area contributed by atoms with Gasteiger partial charge in [-0.2, -0.15) is 8.70 Å². The summed E-state index contributed by atoms with van der Waals surface area (Å²) in [5.74, 6) is -2.29. The third kappa shape index (κ3) is 2.49. The van der Waals surface area contributed by atoms with Crippen molar-refractivity contribution in [2.24, 2.45) is 0 Å². The van der Waals surface area contributed by atoms with Gasteiger partial charge in [0.15, 0.2) is 0 Å². The van der Waals surface area contributed by atoms with Crippen LogP contribution in [-0.4, -0.2) is 69.6 Å². The topological polar surface area (TPSA) is 128 Å². The quantitative estimate of drug-likeness (QED) is 0.737. The molecule has 0 aromatic carbocycles. The lowest BCUT2D eigenvalue weighted by Crippen LogP contribution is -2.64. The minimum Gasteiger partial charge on any atom is -0.480 e. The predicted molar refractivity (Wildman–Crippen MR) is 76.2 cm³/mol. The highest BCUT2D eigenvalue weighted by atomic mass is 32.2. The number of nitrogens with zero attached hydrogens (tertiary/aromatic N) is 3. The number of carboxylic acids is 1. The fraction of sp³-hybridized carbons (Fsp3) is 0.462. The summed E-state index contributed by atoms with van der Waals surface area (Å²) in [5, 5.41) is 18.7. The Hall–Kier alpha value is -2.27. The number of hydrogen-bond acceptors (Lipinski definition) is 5. The van der Waals surface area contributed by atoms with E-state index in [1.165, 1.54) is 0 Å². The summed E-state index contributed by atoms with van der Waals surface area (Å²) in [6.07, 6.45) is 0.194. The Morgan fingerprint density at radius 1 is 1.25 bits per heavy atom. The molecule has 0 aliphatic carbocycles. The summed E-state index contributed by atoms with van der Waals surface area (Å²) in [7, 11) is -4.24. The number of sulfonamides is 1. The lowest BCUT2D eigenvalue weighted by molar-refractivity contribution is -0.144. The van der Waals surface area contributed by atoms with Crippen LogP contribution in [0.2, 0.25) is 0 Å². The monoisotopic (exact) mass is 359 g/mol. The molecule has 3 atom stereocenters. The van der Waals surface area contributed by atoms with Gasteiger partial charge in [-0.15, -0.1) is 0 Å². The van der Waals surface area contributed by atoms with Crippen molar-refractivity contribution in [3.63, 3.8) is 0 Å². The first-order chi connectivity index (χ1) is 11.2. The molecule has 2 aliphatic heterocycles. The van der Waals surface area contributed by atoms with Crippen molar-refractivity contribution in [3.8, 4) is 0 Å². The van der Waals surface area contributed by atoms with Crippen LogP contribution in [0.15, 0.2) is 23.2 Å². The fourth-order valence-corrected chi connectivity index (χ4v) is 4.99. The van der Waals surface area contributed by atoms with Gasteiger partial charge in [0.2, 0.25) is 16.0 Å². The fourth-order valence-electron chi connectivity index (χ4n) is 3.40. The summed E-state index contributed by atoms with van der Waals surface area (Å²) >= 11 is 0. The van der Waals surface area contributed by atoms with E-state index in [4.69, 9.17) is 0 Å². The van der Waals surface area contributed by atoms with E-state index in [-0.39, 0.29) is 17.9 Å². The third-order valence-electron chi connectivity index (χ3n) is 4.39. The van der Waals surface area contributed by atoms with E-state index in [1.807, 2.05) is 0 Å². The number of amides is 1. The predicted octanol–water partition coefficient (Wildman–Crippen LogP) is 0.189. The standard InChI is InChI=1S/C13H14FN3O6S/c14-10-4-2-8(5-15-10)24(22,23)16-6-7-1-3-9(11(16)12(18)19)17(7)13(20)21/h2,4-5,7,9,11H,1,3,6H2,(H,18,19)(H,20,21)/t7-,9+,11+/m1/s1. The van der Waals surface area contributed by atoms with Crippen LogP contribution in [0, 0.1) is 5.95 Å². The van der Waals surface area contributed by atoms with E-state index in [1.54, 1.807) is 0 Å². The Balaban J connectivity index is 2.02. The van der Waals surface area contributed by atoms with E-state index in [9.17, 15) is 32.6 Å². The van der Waals surface area contributed by atoms with Gasteiger partial charge in [0.1, 0.15) is 10.9 Å². The van der Waals surface area contributed by atoms with Crippen molar-refractivity contribution in [1.29, 1.82) is 0 Å². The second-order valence-electron chi connectivity index (χ2n) is 5.66. The molecular weight excluding hydrogens is 345 g/mol. The average molecular weight is 359 g/mol. The molecule has 1 amide bonds. The van der Waals surface area contributed by atoms with Gasteiger partial charge in [0.25, 0.3) is 0 Å². The van der Waals surface area contributed by atoms with E-state index < -0.39 is 46.2 Å². The Labute approximate surface area is 136 Å². The van der Waals surface area contributed by atoms with Gasteiger partial charge >= 0.3 is 12.1 Å². The molecule has 11 heteroatoms. The summed E-state index contributed by atoms with van der Waals surface area (Å²) in [6.45, 7) is -0.264. The zero-order chi connectivity index (χ0) is 17.6. The van der Waals surface area contributed by atoms with Crippen LogP contribution in [0.1, 0.15) is 12.8 Å². The average Bonchev–Trinajstić information content (AvgIpc) is 2.81. The number of rotatable bonds is 3. The van der Waals surface area contributed by atoms with Crippen molar-refractivity contribution < 1.29 is 32.6 Å². The number of fused-ring (bicyclic) bond motifs is 2. The number of carbonyl (C=O) groups is 2. The molecule has 0 spiro atoms. The lowest BCUT2D eigenvalue weighted by atomic mass is 10.1. The van der Waals surface area contributed by atoms with E-state index in [2.05, 4.69) is 4.98 Å². The van der Waals surface area contributed by atoms with Crippen molar-refractivity contribution in [2.45, 2.75) is 35.9 Å². The molecule has 3 heterocycles. The number of aromatic nitrogens is 1. The molecule has 3 rings (SSSR count). The number of aliphatic carboxylic acids is 1. The van der Waals surface area contributed by atoms with Crippen LogP contribution in [0.25, 0.3) is 0 Å². The highest BCUT2D eigenvalue weighted by Crippen LogP contribution is 2.37. The van der Waals surface area contributed by atoms with Crippen molar-refractivity contribution >= 4 is 22.1 Å². The molecule has 0 radical (unpaired) electrons. The summed E-state index contributed by atoms with van der Waals surface area (Å²) in [6, 6.07) is -1.23. The van der Waals surface area contributed by atoms with Gasteiger partial charge in [-0.25, -0.2) is 18.2 Å². The summed E-state index contributed by atoms with van der Waals surface area (Å²) in [5.41, 5.74) is 0. The van der Waals surface area contributed by atoms with Crippen LogP contribution in [-0.2, 0) is 14.8 Å². The molecule has 130 valence electrons. The highest BCUT2D eigenvalue weighted by Gasteiger charge is 2.55. The first kappa shape index (κ1) is 16.6. The highest BCUT2D eigenvalue weighted by molar-refractivity contribution is 7.89. The van der Waals surface area contributed by atoms with Crippen molar-refractivity contribution in [1.82, 2.24) is 14.2 Å². The molecule has 2 saturated heterocycles. The minimum atomic E-state index is -4.24. The number of halogens is 1. The molecule has 24 heavy (non-hydrogen) atoms. The Morgan fingerprint density at radius 2 is 1.96 bits per heavy atom. The Bertz CT molecular complexity index is 783. The zero-order valence-corrected chi connectivity index (χ0v) is 13.1. The molecule has 2 fully saturated rings. The molecular formula is C13H14FN3O6S. The lowest BCUT2D eigenvalue weighted by Gasteiger charge is -2.42. The first-order valence-electron chi connectivity index (χ1n) is 7.11. The van der Waals surface area contributed by atoms with Gasteiger partial charge < -0.3 is 10.2 Å². The maximum absolute atomic E-state index is 12.9. The Kier molecular flexibility index (Phi) is 3.92. The molecule has 1 aromatic rings. The summed E-state index contributed by atoms with van der Waals surface area (Å²) < 4.78 is 39.2. The van der Waals surface area contributed by atoms with Crippen molar-refractivity contribution in [2.75, 3.05) is 6.54 Å². The van der Waals surface area contributed by atoms with E-state index in [0.717, 1.165) is 27.5 Å². The van der Waals surface area contributed by atoms with Gasteiger partial charge in [-0.05, 0) is 25.0 Å². The number of carboxylic acid groups (broad SMARTS) is 2. The molecule has 0 unspecified atom stereocenters.